The zero-order valence-electron chi connectivity index (χ0n) is 26.2. The van der Waals surface area contributed by atoms with Gasteiger partial charge in [0.15, 0.2) is 0 Å². The van der Waals surface area contributed by atoms with Gasteiger partial charge in [-0.3, -0.25) is 0 Å². The molecule has 1 spiro atoms. The first-order chi connectivity index (χ1) is 24.1. The number of benzene rings is 7. The highest BCUT2D eigenvalue weighted by atomic mass is 19.1. The molecule has 0 saturated heterocycles. The van der Waals surface area contributed by atoms with Crippen LogP contribution in [0.15, 0.2) is 158 Å². The normalized spacial score (nSPS) is 13.3. The Morgan fingerprint density at radius 3 is 1.04 bits per heavy atom. The highest BCUT2D eigenvalue weighted by Crippen LogP contribution is 2.61. The molecule has 1 heterocycles. The molecule has 230 valence electrons. The standard InChI is InChI=1S/C45H26F2N2/c46-29-21-17-27(18-22-29)31-25-26-32(28-19-23-30(47)24-20-28)42-41(31)48-43-35-11-3-7-15-39(35)45(40-16-8-4-12-36(40)44(43)49-42)37-13-5-1-9-33(37)34-10-2-6-14-38(34)45/h1-26H. The van der Waals surface area contributed by atoms with Crippen molar-refractivity contribution in [3.05, 3.63) is 192 Å². The van der Waals surface area contributed by atoms with Crippen molar-refractivity contribution in [2.24, 2.45) is 0 Å². The molecule has 2 aliphatic carbocycles. The molecule has 8 aromatic rings. The van der Waals surface area contributed by atoms with Crippen LogP contribution < -0.4 is 0 Å². The van der Waals surface area contributed by atoms with Crippen LogP contribution in [0.4, 0.5) is 8.78 Å². The predicted octanol–water partition coefficient (Wildman–Crippen LogP) is 11.3. The van der Waals surface area contributed by atoms with Gasteiger partial charge in [0.25, 0.3) is 0 Å². The first-order valence-electron chi connectivity index (χ1n) is 16.4. The first kappa shape index (κ1) is 27.8. The molecular formula is C45H26F2N2. The van der Waals surface area contributed by atoms with E-state index in [1.54, 1.807) is 24.3 Å². The van der Waals surface area contributed by atoms with Gasteiger partial charge in [0.1, 0.15) is 11.6 Å². The van der Waals surface area contributed by atoms with E-state index in [-0.39, 0.29) is 11.6 Å². The van der Waals surface area contributed by atoms with Crippen LogP contribution in [0.1, 0.15) is 22.3 Å². The van der Waals surface area contributed by atoms with Gasteiger partial charge in [-0.25, -0.2) is 18.7 Å². The van der Waals surface area contributed by atoms with Crippen LogP contribution >= 0.6 is 0 Å². The summed E-state index contributed by atoms with van der Waals surface area (Å²) in [6.45, 7) is 0. The highest BCUT2D eigenvalue weighted by molar-refractivity contribution is 6.04. The van der Waals surface area contributed by atoms with E-state index in [4.69, 9.17) is 9.97 Å². The lowest BCUT2D eigenvalue weighted by Crippen LogP contribution is -2.29. The van der Waals surface area contributed by atoms with Gasteiger partial charge < -0.3 is 0 Å². The van der Waals surface area contributed by atoms with Crippen LogP contribution in [-0.4, -0.2) is 9.97 Å². The monoisotopic (exact) mass is 632 g/mol. The molecule has 0 amide bonds. The summed E-state index contributed by atoms with van der Waals surface area (Å²) in [4.78, 5) is 11.1. The lowest BCUT2D eigenvalue weighted by Gasteiger charge is -2.35. The summed E-state index contributed by atoms with van der Waals surface area (Å²) >= 11 is 0. The second-order valence-corrected chi connectivity index (χ2v) is 12.7. The molecule has 49 heavy (non-hydrogen) atoms. The van der Waals surface area contributed by atoms with Gasteiger partial charge in [0.05, 0.1) is 27.8 Å². The Bertz CT molecular complexity index is 2440. The fourth-order valence-electron chi connectivity index (χ4n) is 8.23. The van der Waals surface area contributed by atoms with E-state index in [1.807, 2.05) is 12.1 Å². The maximum atomic E-state index is 14.1. The van der Waals surface area contributed by atoms with Crippen molar-refractivity contribution < 1.29 is 8.78 Å². The maximum Gasteiger partial charge on any atom is 0.123 e. The van der Waals surface area contributed by atoms with Crippen molar-refractivity contribution in [3.8, 4) is 55.9 Å². The topological polar surface area (TPSA) is 25.8 Å². The van der Waals surface area contributed by atoms with Crippen LogP contribution in [0.3, 0.4) is 0 Å². The van der Waals surface area contributed by atoms with Gasteiger partial charge in [0, 0.05) is 22.3 Å². The molecule has 1 aromatic heterocycles. The summed E-state index contributed by atoms with van der Waals surface area (Å²) in [5, 5.41) is 0. The first-order valence-corrected chi connectivity index (χ1v) is 16.4. The third-order valence-corrected chi connectivity index (χ3v) is 10.3. The predicted molar refractivity (Wildman–Crippen MR) is 192 cm³/mol. The van der Waals surface area contributed by atoms with Crippen molar-refractivity contribution >= 4 is 11.0 Å². The number of nitrogens with zero attached hydrogens (tertiary/aromatic N) is 2. The summed E-state index contributed by atoms with van der Waals surface area (Å²) in [7, 11) is 0. The minimum absolute atomic E-state index is 0.302. The van der Waals surface area contributed by atoms with Gasteiger partial charge in [0.2, 0.25) is 0 Å². The average Bonchev–Trinajstić information content (AvgIpc) is 3.40. The zero-order valence-corrected chi connectivity index (χ0v) is 26.2. The molecule has 0 bridgehead atoms. The van der Waals surface area contributed by atoms with Crippen molar-refractivity contribution in [1.29, 1.82) is 0 Å². The zero-order chi connectivity index (χ0) is 32.7. The molecule has 2 nitrogen and oxygen atoms in total. The molecule has 7 aromatic carbocycles. The fraction of sp³-hybridized carbons (Fsp3) is 0.0222. The lowest BCUT2D eigenvalue weighted by atomic mass is 9.66. The molecule has 10 rings (SSSR count). The molecule has 0 aliphatic heterocycles. The van der Waals surface area contributed by atoms with Gasteiger partial charge in [-0.15, -0.1) is 0 Å². The van der Waals surface area contributed by atoms with Gasteiger partial charge in [-0.1, -0.05) is 133 Å². The van der Waals surface area contributed by atoms with Crippen molar-refractivity contribution in [1.82, 2.24) is 9.97 Å². The summed E-state index contributed by atoms with van der Waals surface area (Å²) in [5.74, 6) is -0.604. The largest absolute Gasteiger partial charge is 0.243 e. The smallest absolute Gasteiger partial charge is 0.123 e. The molecule has 0 unspecified atom stereocenters. The van der Waals surface area contributed by atoms with E-state index in [9.17, 15) is 8.78 Å². The lowest BCUT2D eigenvalue weighted by molar-refractivity contribution is 0.627. The third-order valence-electron chi connectivity index (χ3n) is 10.3. The Hall–Kier alpha value is -6.26. The summed E-state index contributed by atoms with van der Waals surface area (Å²) < 4.78 is 28.2. The molecular weight excluding hydrogens is 607 g/mol. The minimum atomic E-state index is -0.617. The van der Waals surface area contributed by atoms with Crippen LogP contribution in [0.5, 0.6) is 0 Å². The van der Waals surface area contributed by atoms with Crippen molar-refractivity contribution in [3.63, 3.8) is 0 Å². The second kappa shape index (κ2) is 10.4. The summed E-state index contributed by atoms with van der Waals surface area (Å²) in [6.07, 6.45) is 0. The molecule has 0 fully saturated rings. The van der Waals surface area contributed by atoms with Crippen LogP contribution in [0.2, 0.25) is 0 Å². The van der Waals surface area contributed by atoms with E-state index in [0.29, 0.717) is 11.0 Å². The number of hydrogen-bond acceptors (Lipinski definition) is 2. The number of rotatable bonds is 2. The van der Waals surface area contributed by atoms with Crippen molar-refractivity contribution in [2.75, 3.05) is 0 Å². The Morgan fingerprint density at radius 1 is 0.327 bits per heavy atom. The second-order valence-electron chi connectivity index (χ2n) is 12.7. The van der Waals surface area contributed by atoms with Crippen LogP contribution in [0.25, 0.3) is 66.9 Å². The van der Waals surface area contributed by atoms with E-state index in [2.05, 4.69) is 97.1 Å². The summed E-state index contributed by atoms with van der Waals surface area (Å²) in [6, 6.07) is 51.6. The number of aromatic nitrogens is 2. The molecule has 4 heteroatoms. The molecule has 0 N–H and O–H groups in total. The Morgan fingerprint density at radius 2 is 0.653 bits per heavy atom. The summed E-state index contributed by atoms with van der Waals surface area (Å²) in [5.41, 5.74) is 14.9. The van der Waals surface area contributed by atoms with Crippen LogP contribution in [-0.2, 0) is 5.41 Å². The van der Waals surface area contributed by atoms with Crippen molar-refractivity contribution in [2.45, 2.75) is 5.41 Å². The van der Waals surface area contributed by atoms with E-state index in [0.717, 1.165) is 55.9 Å². The van der Waals surface area contributed by atoms with E-state index >= 15 is 0 Å². The fourth-order valence-corrected chi connectivity index (χ4v) is 8.23. The van der Waals surface area contributed by atoms with Gasteiger partial charge in [-0.2, -0.15) is 0 Å². The highest BCUT2D eigenvalue weighted by Gasteiger charge is 2.50. The Balaban J connectivity index is 1.38. The van der Waals surface area contributed by atoms with Crippen LogP contribution in [0, 0.1) is 11.6 Å². The Labute approximate surface area is 282 Å². The van der Waals surface area contributed by atoms with E-state index in [1.165, 1.54) is 46.5 Å². The molecule has 0 saturated carbocycles. The van der Waals surface area contributed by atoms with E-state index < -0.39 is 5.41 Å². The van der Waals surface area contributed by atoms with Gasteiger partial charge in [-0.05, 0) is 68.8 Å². The third kappa shape index (κ3) is 3.86. The number of halogens is 2. The maximum absolute atomic E-state index is 14.1. The average molecular weight is 633 g/mol. The van der Waals surface area contributed by atoms with Gasteiger partial charge >= 0.3 is 0 Å². The molecule has 2 aliphatic rings. The Kier molecular flexibility index (Phi) is 5.89. The molecule has 0 atom stereocenters. The molecule has 0 radical (unpaired) electrons. The minimum Gasteiger partial charge on any atom is -0.243 e. The number of hydrogen-bond donors (Lipinski definition) is 0. The quantitative estimate of drug-likeness (QED) is 0.190. The SMILES string of the molecule is Fc1ccc(-c2ccc(-c3ccc(F)cc3)c3nc4c(nc23)-c2ccccc2C2(c3ccccc3-c3ccccc32)c2ccccc2-4)cc1. The number of fused-ring (bicyclic) bond motifs is 13.